The fourth-order valence-electron chi connectivity index (χ4n) is 3.81. The molecule has 0 fully saturated rings. The Morgan fingerprint density at radius 1 is 1.06 bits per heavy atom. The highest BCUT2D eigenvalue weighted by molar-refractivity contribution is 7.92. The van der Waals surface area contributed by atoms with E-state index < -0.39 is 34.3 Å². The van der Waals surface area contributed by atoms with E-state index in [0.717, 1.165) is 34.5 Å². The molecule has 0 heterocycles. The first-order chi connectivity index (χ1) is 16.5. The van der Waals surface area contributed by atoms with Gasteiger partial charge in [0.05, 0.1) is 11.9 Å². The molecule has 0 aromatic heterocycles. The van der Waals surface area contributed by atoms with Crippen molar-refractivity contribution in [1.29, 1.82) is 0 Å². The Bertz CT molecular complexity index is 1120. The zero-order valence-electron chi connectivity index (χ0n) is 21.2. The lowest BCUT2D eigenvalue weighted by molar-refractivity contribution is -0.140. The van der Waals surface area contributed by atoms with Crippen molar-refractivity contribution in [3.05, 3.63) is 65.0 Å². The molecule has 0 radical (unpaired) electrons. The summed E-state index contributed by atoms with van der Waals surface area (Å²) in [6, 6.07) is 10.2. The number of nitrogens with zero attached hydrogens (tertiary/aromatic N) is 2. The zero-order valence-corrected chi connectivity index (χ0v) is 22.0. The molecule has 192 valence electrons. The zero-order chi connectivity index (χ0) is 26.2. The molecule has 2 aromatic rings. The van der Waals surface area contributed by atoms with Crippen LogP contribution in [0, 0.1) is 19.7 Å². The SMILES string of the molecule is CCCCNC(=O)C(CC)N(Cc1ccc(F)cc1)C(=O)CN(c1cccc(C)c1C)S(C)(=O)=O. The predicted molar refractivity (Wildman–Crippen MR) is 137 cm³/mol. The lowest BCUT2D eigenvalue weighted by Gasteiger charge is -2.33. The van der Waals surface area contributed by atoms with Crippen molar-refractivity contribution in [1.82, 2.24) is 10.2 Å². The van der Waals surface area contributed by atoms with Crippen molar-refractivity contribution < 1.29 is 22.4 Å². The van der Waals surface area contributed by atoms with E-state index in [-0.39, 0.29) is 12.5 Å². The highest BCUT2D eigenvalue weighted by Gasteiger charge is 2.32. The second-order valence-electron chi connectivity index (χ2n) is 8.71. The number of rotatable bonds is 12. The summed E-state index contributed by atoms with van der Waals surface area (Å²) < 4.78 is 40.0. The highest BCUT2D eigenvalue weighted by Crippen LogP contribution is 2.25. The van der Waals surface area contributed by atoms with Crippen LogP contribution in [0.3, 0.4) is 0 Å². The average Bonchev–Trinajstić information content (AvgIpc) is 2.80. The number of aryl methyl sites for hydroxylation is 1. The first kappa shape index (κ1) is 28.3. The molecule has 0 bridgehead atoms. The summed E-state index contributed by atoms with van der Waals surface area (Å²) in [5.41, 5.74) is 2.70. The Kier molecular flexibility index (Phi) is 10.2. The number of halogens is 1. The number of nitrogens with one attached hydrogen (secondary N) is 1. The second kappa shape index (κ2) is 12.7. The Hall–Kier alpha value is -2.94. The number of hydrogen-bond acceptors (Lipinski definition) is 4. The van der Waals surface area contributed by atoms with E-state index in [4.69, 9.17) is 0 Å². The van der Waals surface area contributed by atoms with Gasteiger partial charge in [0.2, 0.25) is 21.8 Å². The molecular weight excluding hydrogens is 469 g/mol. The van der Waals surface area contributed by atoms with E-state index in [2.05, 4.69) is 5.32 Å². The highest BCUT2D eigenvalue weighted by atomic mass is 32.2. The van der Waals surface area contributed by atoms with Gasteiger partial charge >= 0.3 is 0 Å². The number of hydrogen-bond donors (Lipinski definition) is 1. The van der Waals surface area contributed by atoms with Gasteiger partial charge in [-0.3, -0.25) is 13.9 Å². The van der Waals surface area contributed by atoms with Crippen molar-refractivity contribution in [3.8, 4) is 0 Å². The lowest BCUT2D eigenvalue weighted by Crippen LogP contribution is -2.52. The summed E-state index contributed by atoms with van der Waals surface area (Å²) in [6.07, 6.45) is 3.12. The van der Waals surface area contributed by atoms with E-state index in [0.29, 0.717) is 24.2 Å². The lowest BCUT2D eigenvalue weighted by atomic mass is 10.1. The van der Waals surface area contributed by atoms with Gasteiger partial charge in [0.1, 0.15) is 18.4 Å². The largest absolute Gasteiger partial charge is 0.354 e. The number of unbranched alkanes of at least 4 members (excludes halogenated alkanes) is 1. The van der Waals surface area contributed by atoms with Crippen LogP contribution in [0.5, 0.6) is 0 Å². The van der Waals surface area contributed by atoms with E-state index in [1.54, 1.807) is 38.1 Å². The summed E-state index contributed by atoms with van der Waals surface area (Å²) in [7, 11) is -3.80. The summed E-state index contributed by atoms with van der Waals surface area (Å²) in [6.45, 7) is 7.57. The Labute approximate surface area is 208 Å². The van der Waals surface area contributed by atoms with Crippen molar-refractivity contribution in [2.75, 3.05) is 23.7 Å². The molecule has 9 heteroatoms. The van der Waals surface area contributed by atoms with Gasteiger partial charge in [-0.1, -0.05) is 44.5 Å². The maximum Gasteiger partial charge on any atom is 0.244 e. The molecule has 2 amide bonds. The van der Waals surface area contributed by atoms with Crippen molar-refractivity contribution >= 4 is 27.5 Å². The fraction of sp³-hybridized carbons (Fsp3) is 0.462. The van der Waals surface area contributed by atoms with Gasteiger partial charge in [0.25, 0.3) is 0 Å². The van der Waals surface area contributed by atoms with Crippen LogP contribution in [-0.2, 0) is 26.2 Å². The topological polar surface area (TPSA) is 86.8 Å². The van der Waals surface area contributed by atoms with Gasteiger partial charge in [0.15, 0.2) is 0 Å². The van der Waals surface area contributed by atoms with E-state index in [1.807, 2.05) is 19.9 Å². The summed E-state index contributed by atoms with van der Waals surface area (Å²) in [5, 5.41) is 2.87. The Morgan fingerprint density at radius 2 is 1.71 bits per heavy atom. The minimum Gasteiger partial charge on any atom is -0.354 e. The number of sulfonamides is 1. The third-order valence-corrected chi connectivity index (χ3v) is 7.13. The van der Waals surface area contributed by atoms with Gasteiger partial charge in [0, 0.05) is 13.1 Å². The maximum absolute atomic E-state index is 13.6. The Morgan fingerprint density at radius 3 is 2.29 bits per heavy atom. The molecule has 1 N–H and O–H groups in total. The monoisotopic (exact) mass is 505 g/mol. The minimum atomic E-state index is -3.80. The summed E-state index contributed by atoms with van der Waals surface area (Å²) in [4.78, 5) is 28.0. The standard InChI is InChI=1S/C26H36FN3O4S/c1-6-8-16-28-26(32)23(7-2)29(17-21-12-14-22(27)15-13-21)25(31)18-30(35(5,33)34)24-11-9-10-19(3)20(24)4/h9-15,23H,6-8,16-18H2,1-5H3,(H,28,32). The van der Waals surface area contributed by atoms with Crippen molar-refractivity contribution in [3.63, 3.8) is 0 Å². The van der Waals surface area contributed by atoms with Gasteiger partial charge < -0.3 is 10.2 Å². The number of carbonyl (C=O) groups is 2. The van der Waals surface area contributed by atoms with Crippen LogP contribution in [0.15, 0.2) is 42.5 Å². The molecule has 7 nitrogen and oxygen atoms in total. The molecule has 2 rings (SSSR count). The minimum absolute atomic E-state index is 0.0449. The normalized spacial score (nSPS) is 12.2. The van der Waals surface area contributed by atoms with E-state index >= 15 is 0 Å². The second-order valence-corrected chi connectivity index (χ2v) is 10.6. The number of benzene rings is 2. The van der Waals surface area contributed by atoms with E-state index in [1.165, 1.54) is 17.0 Å². The van der Waals surface area contributed by atoms with Gasteiger partial charge in [-0.2, -0.15) is 0 Å². The maximum atomic E-state index is 13.6. The van der Waals surface area contributed by atoms with E-state index in [9.17, 15) is 22.4 Å². The molecular formula is C26H36FN3O4S. The summed E-state index contributed by atoms with van der Waals surface area (Å²) in [5.74, 6) is -1.22. The third-order valence-electron chi connectivity index (χ3n) is 6.01. The fourth-order valence-corrected chi connectivity index (χ4v) is 4.71. The molecule has 0 aliphatic heterocycles. The van der Waals surface area contributed by atoms with Crippen LogP contribution >= 0.6 is 0 Å². The van der Waals surface area contributed by atoms with Gasteiger partial charge in [-0.15, -0.1) is 0 Å². The smallest absolute Gasteiger partial charge is 0.244 e. The number of carbonyl (C=O) groups excluding carboxylic acids is 2. The Balaban J connectivity index is 2.43. The van der Waals surface area contributed by atoms with Crippen LogP contribution in [0.2, 0.25) is 0 Å². The van der Waals surface area contributed by atoms with Crippen LogP contribution in [-0.4, -0.2) is 50.5 Å². The van der Waals surface area contributed by atoms with Crippen LogP contribution < -0.4 is 9.62 Å². The molecule has 2 aromatic carbocycles. The molecule has 1 unspecified atom stereocenters. The first-order valence-electron chi connectivity index (χ1n) is 11.8. The third kappa shape index (κ3) is 7.78. The molecule has 0 spiro atoms. The molecule has 0 saturated carbocycles. The van der Waals surface area contributed by atoms with Crippen LogP contribution in [0.4, 0.5) is 10.1 Å². The van der Waals surface area contributed by atoms with Crippen LogP contribution in [0.25, 0.3) is 0 Å². The number of amides is 2. The molecule has 0 saturated heterocycles. The first-order valence-corrected chi connectivity index (χ1v) is 13.7. The molecule has 35 heavy (non-hydrogen) atoms. The van der Waals surface area contributed by atoms with Gasteiger partial charge in [-0.05, 0) is 61.6 Å². The van der Waals surface area contributed by atoms with Crippen LogP contribution in [0.1, 0.15) is 49.8 Å². The quantitative estimate of drug-likeness (QED) is 0.443. The number of anilines is 1. The average molecular weight is 506 g/mol. The predicted octanol–water partition coefficient (Wildman–Crippen LogP) is 3.93. The van der Waals surface area contributed by atoms with Gasteiger partial charge in [-0.25, -0.2) is 12.8 Å². The molecule has 0 aliphatic rings. The van der Waals surface area contributed by atoms with Crippen molar-refractivity contribution in [2.24, 2.45) is 0 Å². The molecule has 0 aliphatic carbocycles. The van der Waals surface area contributed by atoms with Crippen molar-refractivity contribution in [2.45, 2.75) is 59.5 Å². The molecule has 1 atom stereocenters. The summed E-state index contributed by atoms with van der Waals surface area (Å²) >= 11 is 0.